The smallest absolute Gasteiger partial charge is 0.342 e. The van der Waals surface area contributed by atoms with Crippen molar-refractivity contribution in [1.82, 2.24) is 14.7 Å². The first-order valence-electron chi connectivity index (χ1n) is 14.2. The first kappa shape index (κ1) is 30.2. The molecular formula is C30H34F4N4O3S. The summed E-state index contributed by atoms with van der Waals surface area (Å²) < 4.78 is 55.4. The Balaban J connectivity index is 1.24. The number of halogens is 4. The van der Waals surface area contributed by atoms with Crippen molar-refractivity contribution in [2.75, 3.05) is 25.0 Å². The van der Waals surface area contributed by atoms with E-state index in [0.29, 0.717) is 45.0 Å². The first-order valence-corrected chi connectivity index (χ1v) is 15.1. The number of benzene rings is 2. The Kier molecular flexibility index (Phi) is 8.73. The van der Waals surface area contributed by atoms with E-state index >= 15 is 4.39 Å². The van der Waals surface area contributed by atoms with E-state index in [9.17, 15) is 27.6 Å². The quantitative estimate of drug-likeness (QED) is 0.378. The number of likely N-dealkylation sites (tertiary alicyclic amines) is 1. The SMILES string of the molecule is CC(C)CCN1C(=O)C(CC(=O)N2CCC(N3Cc4ccccc4NC3=O)CC2)SC1c1cccc(C(F)(F)F)c1F. The van der Waals surface area contributed by atoms with Crippen molar-refractivity contribution < 1.29 is 31.9 Å². The summed E-state index contributed by atoms with van der Waals surface area (Å²) in [5, 5.41) is 1.14. The van der Waals surface area contributed by atoms with Gasteiger partial charge in [-0.3, -0.25) is 9.59 Å². The number of alkyl halides is 3. The summed E-state index contributed by atoms with van der Waals surface area (Å²) in [7, 11) is 0. The molecule has 0 radical (unpaired) electrons. The van der Waals surface area contributed by atoms with E-state index in [1.54, 1.807) is 9.80 Å². The van der Waals surface area contributed by atoms with Crippen LogP contribution in [0.4, 0.5) is 28.0 Å². The third-order valence-electron chi connectivity index (χ3n) is 8.16. The average Bonchev–Trinajstić information content (AvgIpc) is 3.25. The zero-order valence-electron chi connectivity index (χ0n) is 23.5. The largest absolute Gasteiger partial charge is 0.419 e. The number of nitrogens with zero attached hydrogens (tertiary/aromatic N) is 3. The van der Waals surface area contributed by atoms with Gasteiger partial charge in [-0.2, -0.15) is 13.2 Å². The topological polar surface area (TPSA) is 73.0 Å². The van der Waals surface area contributed by atoms with Gasteiger partial charge in [0.15, 0.2) is 0 Å². The lowest BCUT2D eigenvalue weighted by molar-refractivity contribution is -0.140. The number of urea groups is 1. The third kappa shape index (κ3) is 6.23. The Morgan fingerprint density at radius 1 is 1.07 bits per heavy atom. The summed E-state index contributed by atoms with van der Waals surface area (Å²) in [4.78, 5) is 44.4. The van der Waals surface area contributed by atoms with E-state index in [4.69, 9.17) is 0 Å². The molecule has 4 amide bonds. The Labute approximate surface area is 246 Å². The van der Waals surface area contributed by atoms with Crippen molar-refractivity contribution in [2.45, 2.75) is 68.9 Å². The Morgan fingerprint density at radius 3 is 2.48 bits per heavy atom. The van der Waals surface area contributed by atoms with Crippen molar-refractivity contribution in [1.29, 1.82) is 0 Å². The molecule has 2 aromatic carbocycles. The van der Waals surface area contributed by atoms with E-state index in [1.807, 2.05) is 38.1 Å². The highest BCUT2D eigenvalue weighted by atomic mass is 32.2. The molecule has 3 aliphatic rings. The van der Waals surface area contributed by atoms with Crippen LogP contribution in [0, 0.1) is 11.7 Å². The highest BCUT2D eigenvalue weighted by Gasteiger charge is 2.45. The molecule has 0 spiro atoms. The van der Waals surface area contributed by atoms with Gasteiger partial charge in [0.1, 0.15) is 11.2 Å². The molecule has 3 aliphatic heterocycles. The minimum Gasteiger partial charge on any atom is -0.342 e. The van der Waals surface area contributed by atoms with Gasteiger partial charge in [-0.25, -0.2) is 9.18 Å². The predicted molar refractivity (Wildman–Crippen MR) is 152 cm³/mol. The van der Waals surface area contributed by atoms with Crippen molar-refractivity contribution in [3.63, 3.8) is 0 Å². The number of hydrogen-bond donors (Lipinski definition) is 1. The summed E-state index contributed by atoms with van der Waals surface area (Å²) in [5.74, 6) is -1.77. The van der Waals surface area contributed by atoms with E-state index in [1.165, 1.54) is 11.0 Å². The molecule has 0 aromatic heterocycles. The molecule has 0 aliphatic carbocycles. The van der Waals surface area contributed by atoms with Gasteiger partial charge in [-0.15, -0.1) is 11.8 Å². The summed E-state index contributed by atoms with van der Waals surface area (Å²) in [6.07, 6.45) is -3.22. The minimum absolute atomic E-state index is 0.0373. The lowest BCUT2D eigenvalue weighted by Gasteiger charge is -2.40. The first-order chi connectivity index (χ1) is 19.9. The number of carbonyl (C=O) groups excluding carboxylic acids is 3. The van der Waals surface area contributed by atoms with Gasteiger partial charge < -0.3 is 20.0 Å². The number of anilines is 1. The molecule has 5 rings (SSSR count). The number of carbonyl (C=O) groups is 3. The molecule has 1 N–H and O–H groups in total. The van der Waals surface area contributed by atoms with E-state index in [-0.39, 0.29) is 48.3 Å². The number of piperidine rings is 1. The second-order valence-corrected chi connectivity index (χ2v) is 12.7. The van der Waals surface area contributed by atoms with Crippen LogP contribution in [0.1, 0.15) is 61.6 Å². The maximum Gasteiger partial charge on any atom is 0.419 e. The van der Waals surface area contributed by atoms with Gasteiger partial charge in [0, 0.05) is 49.9 Å². The maximum atomic E-state index is 15.1. The number of fused-ring (bicyclic) bond motifs is 1. The van der Waals surface area contributed by atoms with Crippen molar-refractivity contribution in [3.05, 3.63) is 65.0 Å². The number of hydrogen-bond acceptors (Lipinski definition) is 4. The van der Waals surface area contributed by atoms with Crippen LogP contribution in [0.5, 0.6) is 0 Å². The van der Waals surface area contributed by atoms with E-state index < -0.39 is 28.2 Å². The van der Waals surface area contributed by atoms with Crippen LogP contribution >= 0.6 is 11.8 Å². The molecule has 2 saturated heterocycles. The van der Waals surface area contributed by atoms with Crippen molar-refractivity contribution >= 4 is 35.3 Å². The van der Waals surface area contributed by atoms with Gasteiger partial charge in [-0.1, -0.05) is 44.2 Å². The summed E-state index contributed by atoms with van der Waals surface area (Å²) in [5.41, 5.74) is 0.256. The number of para-hydroxylation sites is 1. The molecule has 7 nitrogen and oxygen atoms in total. The lowest BCUT2D eigenvalue weighted by Crippen LogP contribution is -2.51. The normalized spacial score (nSPS) is 21.6. The fourth-order valence-corrected chi connectivity index (χ4v) is 7.27. The van der Waals surface area contributed by atoms with Crippen LogP contribution in [-0.4, -0.2) is 63.5 Å². The molecule has 0 saturated carbocycles. The zero-order valence-corrected chi connectivity index (χ0v) is 24.3. The van der Waals surface area contributed by atoms with Gasteiger partial charge in [0.05, 0.1) is 10.8 Å². The molecule has 2 unspecified atom stereocenters. The minimum atomic E-state index is -4.87. The summed E-state index contributed by atoms with van der Waals surface area (Å²) in [6, 6.07) is 10.5. The Hall–Kier alpha value is -3.28. The van der Waals surface area contributed by atoms with Gasteiger partial charge in [0.2, 0.25) is 11.8 Å². The highest BCUT2D eigenvalue weighted by Crippen LogP contribution is 2.47. The second kappa shape index (κ2) is 12.1. The lowest BCUT2D eigenvalue weighted by atomic mass is 10.0. The summed E-state index contributed by atoms with van der Waals surface area (Å²) in [6.45, 7) is 5.51. The number of rotatable bonds is 7. The molecule has 2 atom stereocenters. The Bertz CT molecular complexity index is 1350. The molecule has 2 fully saturated rings. The molecule has 2 aromatic rings. The molecule has 12 heteroatoms. The predicted octanol–water partition coefficient (Wildman–Crippen LogP) is 6.26. The third-order valence-corrected chi connectivity index (χ3v) is 9.62. The number of thioether (sulfide) groups is 1. The zero-order chi connectivity index (χ0) is 30.2. The maximum absolute atomic E-state index is 15.1. The second-order valence-electron chi connectivity index (χ2n) is 11.4. The highest BCUT2D eigenvalue weighted by molar-refractivity contribution is 8.01. The van der Waals surface area contributed by atoms with Crippen LogP contribution < -0.4 is 5.32 Å². The summed E-state index contributed by atoms with van der Waals surface area (Å²) >= 11 is 1.03. The van der Waals surface area contributed by atoms with Gasteiger partial charge in [0.25, 0.3) is 0 Å². The Morgan fingerprint density at radius 2 is 1.79 bits per heavy atom. The molecule has 226 valence electrons. The van der Waals surface area contributed by atoms with Gasteiger partial charge in [-0.05, 0) is 42.9 Å². The monoisotopic (exact) mass is 606 g/mol. The van der Waals surface area contributed by atoms with Crippen LogP contribution in [0.15, 0.2) is 42.5 Å². The molecule has 3 heterocycles. The van der Waals surface area contributed by atoms with Crippen molar-refractivity contribution in [2.24, 2.45) is 5.92 Å². The van der Waals surface area contributed by atoms with Gasteiger partial charge >= 0.3 is 12.2 Å². The van der Waals surface area contributed by atoms with Crippen LogP contribution in [0.2, 0.25) is 0 Å². The molecular weight excluding hydrogens is 572 g/mol. The fraction of sp³-hybridized carbons (Fsp3) is 0.500. The van der Waals surface area contributed by atoms with Crippen LogP contribution in [-0.2, 0) is 22.3 Å². The van der Waals surface area contributed by atoms with Crippen molar-refractivity contribution in [3.8, 4) is 0 Å². The number of nitrogens with one attached hydrogen (secondary N) is 1. The molecule has 42 heavy (non-hydrogen) atoms. The van der Waals surface area contributed by atoms with Crippen LogP contribution in [0.3, 0.4) is 0 Å². The molecule has 0 bridgehead atoms. The van der Waals surface area contributed by atoms with E-state index in [2.05, 4.69) is 5.32 Å². The average molecular weight is 607 g/mol. The van der Waals surface area contributed by atoms with Crippen LogP contribution in [0.25, 0.3) is 0 Å². The fourth-order valence-electron chi connectivity index (χ4n) is 5.78. The standard InChI is InChI=1S/C30H34F4N4O3S/c1-18(2)10-15-37-27(40)24(42-28(37)21-7-5-8-22(26(21)31)30(32,33)34)16-25(39)36-13-11-20(12-14-36)38-17-19-6-3-4-9-23(19)35-29(38)41/h3-9,18,20,24,28H,10-17H2,1-2H3,(H,35,41). The van der Waals surface area contributed by atoms with E-state index in [0.717, 1.165) is 29.1 Å². The number of amides is 4.